The molecule has 5 heteroatoms. The van der Waals surface area contributed by atoms with Crippen molar-refractivity contribution in [2.75, 3.05) is 14.2 Å². The average molecular weight is 393 g/mol. The van der Waals surface area contributed by atoms with Crippen LogP contribution >= 0.6 is 0 Å². The van der Waals surface area contributed by atoms with Crippen molar-refractivity contribution >= 4 is 11.9 Å². The zero-order chi connectivity index (χ0) is 20.6. The predicted octanol–water partition coefficient (Wildman–Crippen LogP) is 4.21. The smallest absolute Gasteiger partial charge is 0.337 e. The molecule has 0 radical (unpaired) electrons. The number of carbonyl (C=O) groups excluding carboxylic acids is 2. The molecule has 0 saturated heterocycles. The third kappa shape index (κ3) is 5.47. The molecule has 0 aliphatic heterocycles. The standard InChI is InChI=1S/C24H27NO4/c1-28-21-8-5-6-18(15-21)14-20-7-3-4-9-22(20)23(26)25-16-17-10-12-19(13-11-17)24(27)29-2/h5-6,8,10-13,15H,3-4,7,9,14,16H2,1-2H3,(H,25,26). The number of rotatable bonds is 7. The molecule has 0 heterocycles. The Morgan fingerprint density at radius 3 is 2.45 bits per heavy atom. The number of carbonyl (C=O) groups is 2. The Balaban J connectivity index is 1.67. The molecule has 0 fully saturated rings. The van der Waals surface area contributed by atoms with Gasteiger partial charge in [-0.2, -0.15) is 0 Å². The number of nitrogens with one attached hydrogen (secondary N) is 1. The maximum absolute atomic E-state index is 12.8. The topological polar surface area (TPSA) is 64.6 Å². The van der Waals surface area contributed by atoms with Crippen molar-refractivity contribution in [3.05, 3.63) is 76.4 Å². The average Bonchev–Trinajstić information content (AvgIpc) is 2.77. The number of allylic oxidation sites excluding steroid dienone is 1. The van der Waals surface area contributed by atoms with E-state index in [1.54, 1.807) is 19.2 Å². The second-order valence-electron chi connectivity index (χ2n) is 7.19. The van der Waals surface area contributed by atoms with Crippen LogP contribution in [0.15, 0.2) is 59.7 Å². The van der Waals surface area contributed by atoms with E-state index in [9.17, 15) is 9.59 Å². The van der Waals surface area contributed by atoms with Crippen molar-refractivity contribution in [1.29, 1.82) is 0 Å². The lowest BCUT2D eigenvalue weighted by Crippen LogP contribution is -2.27. The van der Waals surface area contributed by atoms with Gasteiger partial charge in [0.05, 0.1) is 19.8 Å². The minimum atomic E-state index is -0.366. The van der Waals surface area contributed by atoms with E-state index in [0.29, 0.717) is 12.1 Å². The molecule has 0 aromatic heterocycles. The number of methoxy groups -OCH3 is 2. The Morgan fingerprint density at radius 2 is 1.72 bits per heavy atom. The summed E-state index contributed by atoms with van der Waals surface area (Å²) in [5.41, 5.74) is 4.72. The van der Waals surface area contributed by atoms with Crippen molar-refractivity contribution < 1.29 is 19.1 Å². The first-order valence-electron chi connectivity index (χ1n) is 9.90. The van der Waals surface area contributed by atoms with Gasteiger partial charge in [-0.25, -0.2) is 4.79 Å². The summed E-state index contributed by atoms with van der Waals surface area (Å²) in [4.78, 5) is 24.4. The maximum atomic E-state index is 12.8. The zero-order valence-corrected chi connectivity index (χ0v) is 17.0. The van der Waals surface area contributed by atoms with E-state index < -0.39 is 0 Å². The van der Waals surface area contributed by atoms with Crippen LogP contribution in [0.4, 0.5) is 0 Å². The fraction of sp³-hybridized carbons (Fsp3) is 0.333. The van der Waals surface area contributed by atoms with Gasteiger partial charge in [0.25, 0.3) is 0 Å². The lowest BCUT2D eigenvalue weighted by molar-refractivity contribution is -0.117. The molecule has 0 spiro atoms. The predicted molar refractivity (Wildman–Crippen MR) is 112 cm³/mol. The molecular formula is C24H27NO4. The lowest BCUT2D eigenvalue weighted by Gasteiger charge is -2.20. The number of hydrogen-bond acceptors (Lipinski definition) is 4. The monoisotopic (exact) mass is 393 g/mol. The highest BCUT2D eigenvalue weighted by atomic mass is 16.5. The van der Waals surface area contributed by atoms with Gasteiger partial charge < -0.3 is 14.8 Å². The third-order valence-electron chi connectivity index (χ3n) is 5.24. The van der Waals surface area contributed by atoms with Gasteiger partial charge in [-0.05, 0) is 67.5 Å². The summed E-state index contributed by atoms with van der Waals surface area (Å²) in [5.74, 6) is 0.468. The summed E-state index contributed by atoms with van der Waals surface area (Å²) < 4.78 is 10.0. The van der Waals surface area contributed by atoms with Gasteiger partial charge in [0.15, 0.2) is 0 Å². The van der Waals surface area contributed by atoms with Crippen LogP contribution in [0.5, 0.6) is 5.75 Å². The van der Waals surface area contributed by atoms with E-state index in [1.807, 2.05) is 30.3 Å². The van der Waals surface area contributed by atoms with Crippen molar-refractivity contribution in [3.63, 3.8) is 0 Å². The quantitative estimate of drug-likeness (QED) is 0.716. The molecule has 0 bridgehead atoms. The van der Waals surface area contributed by atoms with Gasteiger partial charge in [0, 0.05) is 12.1 Å². The molecule has 5 nitrogen and oxygen atoms in total. The Hall–Kier alpha value is -3.08. The first kappa shape index (κ1) is 20.6. The Labute approximate surface area is 171 Å². The van der Waals surface area contributed by atoms with E-state index >= 15 is 0 Å². The lowest BCUT2D eigenvalue weighted by atomic mass is 9.87. The molecule has 0 unspecified atom stereocenters. The Morgan fingerprint density at radius 1 is 0.966 bits per heavy atom. The van der Waals surface area contributed by atoms with Crippen LogP contribution in [0, 0.1) is 0 Å². The summed E-state index contributed by atoms with van der Waals surface area (Å²) in [7, 11) is 3.02. The largest absolute Gasteiger partial charge is 0.497 e. The van der Waals surface area contributed by atoms with Gasteiger partial charge in [-0.1, -0.05) is 29.8 Å². The second-order valence-corrected chi connectivity index (χ2v) is 7.19. The molecule has 29 heavy (non-hydrogen) atoms. The van der Waals surface area contributed by atoms with E-state index in [2.05, 4.69) is 11.4 Å². The highest BCUT2D eigenvalue weighted by Crippen LogP contribution is 2.28. The van der Waals surface area contributed by atoms with Gasteiger partial charge in [-0.15, -0.1) is 0 Å². The molecule has 3 rings (SSSR count). The SMILES string of the molecule is COC(=O)c1ccc(CNC(=O)C2=C(Cc3cccc(OC)c3)CCCC2)cc1. The van der Waals surface area contributed by atoms with Gasteiger partial charge in [0.1, 0.15) is 5.75 Å². The fourth-order valence-electron chi connectivity index (χ4n) is 3.63. The third-order valence-corrected chi connectivity index (χ3v) is 5.24. The fourth-order valence-corrected chi connectivity index (χ4v) is 3.63. The molecule has 1 N–H and O–H groups in total. The Bertz CT molecular complexity index is 899. The van der Waals surface area contributed by atoms with Crippen LogP contribution in [0.1, 0.15) is 47.2 Å². The van der Waals surface area contributed by atoms with Crippen molar-refractivity contribution in [2.24, 2.45) is 0 Å². The summed E-state index contributed by atoms with van der Waals surface area (Å²) in [6.07, 6.45) is 4.69. The van der Waals surface area contributed by atoms with Gasteiger partial charge in [-0.3, -0.25) is 4.79 Å². The van der Waals surface area contributed by atoms with Crippen molar-refractivity contribution in [2.45, 2.75) is 38.6 Å². The van der Waals surface area contributed by atoms with Crippen LogP contribution in [0.25, 0.3) is 0 Å². The molecule has 152 valence electrons. The molecule has 2 aromatic carbocycles. The number of esters is 1. The minimum absolute atomic E-state index is 0.000333. The van der Waals surface area contributed by atoms with Crippen LogP contribution in [-0.2, 0) is 22.5 Å². The number of benzene rings is 2. The first-order valence-corrected chi connectivity index (χ1v) is 9.90. The van der Waals surface area contributed by atoms with Gasteiger partial charge >= 0.3 is 5.97 Å². The van der Waals surface area contributed by atoms with Crippen LogP contribution in [0.2, 0.25) is 0 Å². The van der Waals surface area contributed by atoms with Crippen LogP contribution < -0.4 is 10.1 Å². The van der Waals surface area contributed by atoms with E-state index in [0.717, 1.165) is 54.6 Å². The van der Waals surface area contributed by atoms with E-state index in [-0.39, 0.29) is 11.9 Å². The zero-order valence-electron chi connectivity index (χ0n) is 17.0. The van der Waals surface area contributed by atoms with Crippen molar-refractivity contribution in [1.82, 2.24) is 5.32 Å². The summed E-state index contributed by atoms with van der Waals surface area (Å²) >= 11 is 0. The van der Waals surface area contributed by atoms with Crippen molar-refractivity contribution in [3.8, 4) is 5.75 Å². The molecular weight excluding hydrogens is 366 g/mol. The van der Waals surface area contributed by atoms with Crippen LogP contribution in [0.3, 0.4) is 0 Å². The molecule has 1 aliphatic rings. The molecule has 1 amide bonds. The number of hydrogen-bond donors (Lipinski definition) is 1. The van der Waals surface area contributed by atoms with E-state index in [4.69, 9.17) is 9.47 Å². The summed E-state index contributed by atoms with van der Waals surface area (Å²) in [5, 5.41) is 3.03. The second kappa shape index (κ2) is 9.92. The maximum Gasteiger partial charge on any atom is 0.337 e. The Kier molecular flexibility index (Phi) is 7.06. The summed E-state index contributed by atoms with van der Waals surface area (Å²) in [6, 6.07) is 15.1. The summed E-state index contributed by atoms with van der Waals surface area (Å²) in [6.45, 7) is 0.427. The highest BCUT2D eigenvalue weighted by Gasteiger charge is 2.19. The number of amides is 1. The molecule has 2 aromatic rings. The normalized spacial score (nSPS) is 13.7. The molecule has 1 aliphatic carbocycles. The molecule has 0 saturated carbocycles. The minimum Gasteiger partial charge on any atom is -0.497 e. The van der Waals surface area contributed by atoms with E-state index in [1.165, 1.54) is 12.7 Å². The highest BCUT2D eigenvalue weighted by molar-refractivity contribution is 5.94. The first-order chi connectivity index (χ1) is 14.1. The molecule has 0 atom stereocenters. The van der Waals surface area contributed by atoms with Crippen LogP contribution in [-0.4, -0.2) is 26.1 Å². The van der Waals surface area contributed by atoms with Gasteiger partial charge in [0.2, 0.25) is 5.91 Å². The number of ether oxygens (including phenoxy) is 2.